The molecule has 0 fully saturated rings. The number of rotatable bonds is 1. The molecule has 0 atom stereocenters. The highest BCUT2D eigenvalue weighted by Crippen LogP contribution is 2.15. The van der Waals surface area contributed by atoms with Crippen molar-refractivity contribution < 1.29 is 9.53 Å². The summed E-state index contributed by atoms with van der Waals surface area (Å²) in [6.45, 7) is 0. The molecule has 0 bridgehead atoms. The maximum Gasteiger partial charge on any atom is 0.249 e. The molecule has 0 aromatic heterocycles. The maximum atomic E-state index is 9.72. The second kappa shape index (κ2) is 4.76. The van der Waals surface area contributed by atoms with Gasteiger partial charge in [-0.3, -0.25) is 0 Å². The Morgan fingerprint density at radius 2 is 2.15 bits per heavy atom. The van der Waals surface area contributed by atoms with Gasteiger partial charge in [-0.05, 0) is 18.1 Å². The van der Waals surface area contributed by atoms with E-state index in [4.69, 9.17) is 4.74 Å². The second-order valence-electron chi connectivity index (χ2n) is 2.14. The Morgan fingerprint density at radius 3 is 2.85 bits per heavy atom. The number of isocyanates is 1. The molecule has 64 valence electrons. The molecule has 0 saturated heterocycles. The minimum Gasteiger partial charge on any atom is -0.495 e. The van der Waals surface area contributed by atoms with Gasteiger partial charge in [-0.1, -0.05) is 12.1 Å². The zero-order chi connectivity index (χ0) is 9.52. The van der Waals surface area contributed by atoms with Gasteiger partial charge in [0.15, 0.2) is 0 Å². The van der Waals surface area contributed by atoms with Crippen molar-refractivity contribution in [3.05, 3.63) is 29.8 Å². The normalized spacial score (nSPS) is 7.77. The first-order valence-corrected chi connectivity index (χ1v) is 3.59. The molecular formula is C10H7NO2. The highest BCUT2D eigenvalue weighted by Gasteiger charge is 1.95. The molecule has 0 aliphatic rings. The molecule has 3 heteroatoms. The fourth-order valence-electron chi connectivity index (χ4n) is 0.859. The lowest BCUT2D eigenvalue weighted by Crippen LogP contribution is -1.85. The highest BCUT2D eigenvalue weighted by molar-refractivity contribution is 5.47. The van der Waals surface area contributed by atoms with Crippen molar-refractivity contribution in [1.29, 1.82) is 0 Å². The first-order chi connectivity index (χ1) is 6.38. The number of methoxy groups -OCH3 is 1. The highest BCUT2D eigenvalue weighted by atomic mass is 16.5. The van der Waals surface area contributed by atoms with Crippen molar-refractivity contribution in [2.75, 3.05) is 7.11 Å². The SMILES string of the molecule is COc1ccccc1C#CN=C=O. The first-order valence-electron chi connectivity index (χ1n) is 3.59. The van der Waals surface area contributed by atoms with E-state index < -0.39 is 0 Å². The van der Waals surface area contributed by atoms with Gasteiger partial charge < -0.3 is 4.74 Å². The fourth-order valence-corrected chi connectivity index (χ4v) is 0.859. The van der Waals surface area contributed by atoms with Crippen molar-refractivity contribution in [2.45, 2.75) is 0 Å². The van der Waals surface area contributed by atoms with Gasteiger partial charge in [-0.15, -0.1) is 4.99 Å². The third kappa shape index (κ3) is 2.48. The molecule has 0 unspecified atom stereocenters. The summed E-state index contributed by atoms with van der Waals surface area (Å²) in [5.41, 5.74) is 0.698. The van der Waals surface area contributed by atoms with E-state index in [0.29, 0.717) is 11.3 Å². The van der Waals surface area contributed by atoms with Crippen LogP contribution >= 0.6 is 0 Å². The van der Waals surface area contributed by atoms with Crippen LogP contribution in [0, 0.1) is 12.0 Å². The van der Waals surface area contributed by atoms with E-state index in [9.17, 15) is 4.79 Å². The van der Waals surface area contributed by atoms with Crippen LogP contribution in [-0.4, -0.2) is 13.2 Å². The Labute approximate surface area is 76.1 Å². The molecule has 13 heavy (non-hydrogen) atoms. The molecule has 3 nitrogen and oxygen atoms in total. The van der Waals surface area contributed by atoms with Gasteiger partial charge in [-0.2, -0.15) is 0 Å². The van der Waals surface area contributed by atoms with E-state index >= 15 is 0 Å². The van der Waals surface area contributed by atoms with Gasteiger partial charge in [-0.25, -0.2) is 4.79 Å². The van der Waals surface area contributed by atoms with Gasteiger partial charge in [0, 0.05) is 0 Å². The quantitative estimate of drug-likeness (QED) is 0.365. The van der Waals surface area contributed by atoms with Crippen LogP contribution < -0.4 is 4.74 Å². The van der Waals surface area contributed by atoms with Crippen LogP contribution in [0.3, 0.4) is 0 Å². The lowest BCUT2D eigenvalue weighted by Gasteiger charge is -2.00. The summed E-state index contributed by atoms with van der Waals surface area (Å²) in [6, 6.07) is 9.54. The Morgan fingerprint density at radius 1 is 1.38 bits per heavy atom. The number of ether oxygens (including phenoxy) is 1. The smallest absolute Gasteiger partial charge is 0.249 e. The van der Waals surface area contributed by atoms with Crippen molar-refractivity contribution in [1.82, 2.24) is 0 Å². The Bertz CT molecular complexity index is 395. The van der Waals surface area contributed by atoms with E-state index in [-0.39, 0.29) is 0 Å². The van der Waals surface area contributed by atoms with E-state index in [1.165, 1.54) is 6.08 Å². The summed E-state index contributed by atoms with van der Waals surface area (Å²) in [4.78, 5) is 12.8. The number of aliphatic imine (C=N–C) groups is 1. The molecule has 0 N–H and O–H groups in total. The van der Waals surface area contributed by atoms with Gasteiger partial charge in [0.2, 0.25) is 6.08 Å². The molecule has 0 radical (unpaired) electrons. The fraction of sp³-hybridized carbons (Fsp3) is 0.100. The van der Waals surface area contributed by atoms with E-state index in [0.717, 1.165) is 0 Å². The summed E-state index contributed by atoms with van der Waals surface area (Å²) < 4.78 is 5.03. The third-order valence-corrected chi connectivity index (χ3v) is 1.40. The Kier molecular flexibility index (Phi) is 3.31. The van der Waals surface area contributed by atoms with Crippen LogP contribution in [0.15, 0.2) is 29.3 Å². The van der Waals surface area contributed by atoms with Crippen molar-refractivity contribution >= 4 is 6.08 Å². The van der Waals surface area contributed by atoms with E-state index in [1.807, 2.05) is 12.1 Å². The summed E-state index contributed by atoms with van der Waals surface area (Å²) in [6.07, 6.45) is 1.34. The molecule has 0 saturated carbocycles. The Balaban J connectivity index is 3.01. The number of hydrogen-bond acceptors (Lipinski definition) is 3. The number of para-hydroxylation sites is 1. The summed E-state index contributed by atoms with van der Waals surface area (Å²) in [7, 11) is 1.56. The zero-order valence-corrected chi connectivity index (χ0v) is 7.07. The first kappa shape index (κ1) is 9.05. The predicted octanol–water partition coefficient (Wildman–Crippen LogP) is 1.34. The topological polar surface area (TPSA) is 38.7 Å². The molecule has 0 heterocycles. The lowest BCUT2D eigenvalue weighted by molar-refractivity contribution is 0.413. The van der Waals surface area contributed by atoms with Gasteiger partial charge >= 0.3 is 0 Å². The van der Waals surface area contributed by atoms with E-state index in [2.05, 4.69) is 17.0 Å². The van der Waals surface area contributed by atoms with Crippen LogP contribution in [0.4, 0.5) is 0 Å². The average molecular weight is 173 g/mol. The molecule has 1 rings (SSSR count). The van der Waals surface area contributed by atoms with Crippen molar-refractivity contribution in [2.24, 2.45) is 4.99 Å². The predicted molar refractivity (Wildman–Crippen MR) is 48.0 cm³/mol. The van der Waals surface area contributed by atoms with Gasteiger partial charge in [0.25, 0.3) is 0 Å². The number of benzene rings is 1. The van der Waals surface area contributed by atoms with Crippen molar-refractivity contribution in [3.63, 3.8) is 0 Å². The van der Waals surface area contributed by atoms with Crippen molar-refractivity contribution in [3.8, 4) is 17.7 Å². The average Bonchev–Trinajstić information content (AvgIpc) is 2.19. The summed E-state index contributed by atoms with van der Waals surface area (Å²) in [5, 5.41) is 0. The van der Waals surface area contributed by atoms with Crippen LogP contribution in [0.1, 0.15) is 5.56 Å². The van der Waals surface area contributed by atoms with Crippen LogP contribution in [0.25, 0.3) is 0 Å². The minimum atomic E-state index is 0.663. The standard InChI is InChI=1S/C10H7NO2/c1-13-10-5-3-2-4-9(10)6-7-11-8-12/h2-5H,1H3. The Hall–Kier alpha value is -2.04. The molecule has 0 aliphatic heterocycles. The largest absolute Gasteiger partial charge is 0.495 e. The molecule has 1 aromatic carbocycles. The number of carbonyl (C=O) groups excluding carboxylic acids is 1. The van der Waals surface area contributed by atoms with Gasteiger partial charge in [0.05, 0.1) is 18.7 Å². The summed E-state index contributed by atoms with van der Waals surface area (Å²) in [5.74, 6) is 3.32. The van der Waals surface area contributed by atoms with E-state index in [1.54, 1.807) is 19.2 Å². The zero-order valence-electron chi connectivity index (χ0n) is 7.07. The molecular weight excluding hydrogens is 166 g/mol. The van der Waals surface area contributed by atoms with Crippen LogP contribution in [0.2, 0.25) is 0 Å². The molecule has 1 aromatic rings. The molecule has 0 aliphatic carbocycles. The van der Waals surface area contributed by atoms with Gasteiger partial charge in [0.1, 0.15) is 5.75 Å². The maximum absolute atomic E-state index is 9.72. The van der Waals surface area contributed by atoms with Crippen LogP contribution in [0.5, 0.6) is 5.75 Å². The molecule has 0 spiro atoms. The summed E-state index contributed by atoms with van der Waals surface area (Å²) >= 11 is 0. The number of hydrogen-bond donors (Lipinski definition) is 0. The van der Waals surface area contributed by atoms with Crippen LogP contribution in [-0.2, 0) is 4.79 Å². The molecule has 0 amide bonds. The monoisotopic (exact) mass is 173 g/mol. The minimum absolute atomic E-state index is 0.663. The second-order valence-corrected chi connectivity index (χ2v) is 2.14. The third-order valence-electron chi connectivity index (χ3n) is 1.40. The lowest BCUT2D eigenvalue weighted by atomic mass is 10.2. The number of nitrogens with zero attached hydrogens (tertiary/aromatic N) is 1.